The average Bonchev–Trinajstić information content (AvgIpc) is 2.54. The summed E-state index contributed by atoms with van der Waals surface area (Å²) in [7, 11) is 0. The first-order chi connectivity index (χ1) is 11.5. The fourth-order valence-electron chi connectivity index (χ4n) is 2.61. The number of rotatable bonds is 4. The van der Waals surface area contributed by atoms with E-state index >= 15 is 0 Å². The normalized spacial score (nSPS) is 12.2. The minimum atomic E-state index is -2.23. The van der Waals surface area contributed by atoms with Gasteiger partial charge in [-0.15, -0.1) is 0 Å². The third-order valence-electron chi connectivity index (χ3n) is 3.69. The molecule has 0 amide bonds. The number of hydrogen-bond donors (Lipinski definition) is 1. The third kappa shape index (κ3) is 3.06. The van der Waals surface area contributed by atoms with Crippen molar-refractivity contribution < 1.29 is 23.1 Å². The van der Waals surface area contributed by atoms with Crippen molar-refractivity contribution in [2.45, 2.75) is 5.75 Å². The molecule has 6 heteroatoms. The standard InChI is InChI=1S/C18H13FO4S/c19-15-4-2-1-3-14(15)18(21)17-13-7-5-11(10-24(22)23)9-12(13)6-8-16(17)20/h1-9,20H,10H2,(H,22,23)/p-1. The van der Waals surface area contributed by atoms with E-state index in [9.17, 15) is 23.1 Å². The summed E-state index contributed by atoms with van der Waals surface area (Å²) in [6.45, 7) is 0. The number of benzene rings is 3. The minimum Gasteiger partial charge on any atom is -0.772 e. The lowest BCUT2D eigenvalue weighted by atomic mass is 9.95. The predicted molar refractivity (Wildman–Crippen MR) is 88.1 cm³/mol. The molecule has 3 aromatic carbocycles. The molecule has 1 N–H and O–H groups in total. The summed E-state index contributed by atoms with van der Waals surface area (Å²) >= 11 is -2.23. The van der Waals surface area contributed by atoms with Gasteiger partial charge in [0.15, 0.2) is 5.78 Å². The number of phenolic OH excluding ortho intramolecular Hbond substituents is 1. The number of hydrogen-bond acceptors (Lipinski definition) is 4. The van der Waals surface area contributed by atoms with Crippen LogP contribution in [0.5, 0.6) is 5.75 Å². The van der Waals surface area contributed by atoms with Gasteiger partial charge >= 0.3 is 0 Å². The maximum Gasteiger partial charge on any atom is 0.200 e. The Kier molecular flexibility index (Phi) is 4.42. The Labute approximate surface area is 139 Å². The van der Waals surface area contributed by atoms with Crippen molar-refractivity contribution in [3.63, 3.8) is 0 Å². The summed E-state index contributed by atoms with van der Waals surface area (Å²) < 4.78 is 35.5. The summed E-state index contributed by atoms with van der Waals surface area (Å²) in [6.07, 6.45) is 0. The zero-order valence-corrected chi connectivity index (χ0v) is 13.2. The van der Waals surface area contributed by atoms with Crippen molar-refractivity contribution >= 4 is 27.6 Å². The SMILES string of the molecule is O=C(c1ccccc1F)c1c(O)ccc2cc(CS(=O)[O-])ccc12. The first-order valence-electron chi connectivity index (χ1n) is 7.07. The highest BCUT2D eigenvalue weighted by Crippen LogP contribution is 2.30. The number of aromatic hydroxyl groups is 1. The van der Waals surface area contributed by atoms with Crippen LogP contribution >= 0.6 is 0 Å². The number of carbonyl (C=O) groups excluding carboxylic acids is 1. The van der Waals surface area contributed by atoms with E-state index in [0.717, 1.165) is 0 Å². The number of carbonyl (C=O) groups is 1. The van der Waals surface area contributed by atoms with Crippen molar-refractivity contribution in [2.24, 2.45) is 0 Å². The van der Waals surface area contributed by atoms with Gasteiger partial charge < -0.3 is 9.66 Å². The first kappa shape index (κ1) is 16.3. The van der Waals surface area contributed by atoms with E-state index in [1.165, 1.54) is 24.3 Å². The van der Waals surface area contributed by atoms with E-state index in [0.29, 0.717) is 16.3 Å². The Morgan fingerprint density at radius 1 is 1.12 bits per heavy atom. The molecule has 1 atom stereocenters. The van der Waals surface area contributed by atoms with Crippen LogP contribution in [0.15, 0.2) is 54.6 Å². The highest BCUT2D eigenvalue weighted by Gasteiger charge is 2.20. The van der Waals surface area contributed by atoms with Crippen molar-refractivity contribution in [3.05, 3.63) is 77.1 Å². The lowest BCUT2D eigenvalue weighted by Gasteiger charge is -2.11. The summed E-state index contributed by atoms with van der Waals surface area (Å²) in [5.74, 6) is -1.70. The van der Waals surface area contributed by atoms with E-state index in [2.05, 4.69) is 0 Å². The smallest absolute Gasteiger partial charge is 0.200 e. The average molecular weight is 343 g/mol. The van der Waals surface area contributed by atoms with Gasteiger partial charge in [0.05, 0.1) is 11.1 Å². The van der Waals surface area contributed by atoms with Gasteiger partial charge in [-0.3, -0.25) is 9.00 Å². The number of phenols is 1. The lowest BCUT2D eigenvalue weighted by Crippen LogP contribution is -2.05. The summed E-state index contributed by atoms with van der Waals surface area (Å²) in [4.78, 5) is 12.7. The van der Waals surface area contributed by atoms with E-state index in [1.54, 1.807) is 30.3 Å². The van der Waals surface area contributed by atoms with Crippen LogP contribution in [-0.2, 0) is 16.8 Å². The molecule has 0 spiro atoms. The van der Waals surface area contributed by atoms with Crippen molar-refractivity contribution in [1.29, 1.82) is 0 Å². The third-order valence-corrected chi connectivity index (χ3v) is 4.26. The zero-order valence-electron chi connectivity index (χ0n) is 12.4. The largest absolute Gasteiger partial charge is 0.772 e. The lowest BCUT2D eigenvalue weighted by molar-refractivity contribution is 0.103. The molecule has 0 aromatic heterocycles. The van der Waals surface area contributed by atoms with Crippen LogP contribution in [0.1, 0.15) is 21.5 Å². The van der Waals surface area contributed by atoms with Gasteiger partial charge in [0.2, 0.25) is 0 Å². The summed E-state index contributed by atoms with van der Waals surface area (Å²) in [5, 5.41) is 11.1. The number of fused-ring (bicyclic) bond motifs is 1. The van der Waals surface area contributed by atoms with Crippen molar-refractivity contribution in [3.8, 4) is 5.75 Å². The summed E-state index contributed by atoms with van der Waals surface area (Å²) in [5.41, 5.74) is 0.420. The molecule has 3 aromatic rings. The van der Waals surface area contributed by atoms with Crippen LogP contribution in [0.3, 0.4) is 0 Å². The molecule has 0 heterocycles. The molecular formula is C18H12FO4S-. The molecule has 24 heavy (non-hydrogen) atoms. The molecule has 0 radical (unpaired) electrons. The van der Waals surface area contributed by atoms with Gasteiger partial charge in [-0.05, 0) is 34.5 Å². The fraction of sp³-hybridized carbons (Fsp3) is 0.0556. The van der Waals surface area contributed by atoms with Gasteiger partial charge in [0.25, 0.3) is 0 Å². The van der Waals surface area contributed by atoms with Gasteiger partial charge in [-0.1, -0.05) is 47.5 Å². The topological polar surface area (TPSA) is 77.4 Å². The Balaban J connectivity index is 2.17. The predicted octanol–water partition coefficient (Wildman–Crippen LogP) is 3.29. The molecule has 0 saturated heterocycles. The van der Waals surface area contributed by atoms with E-state index in [1.807, 2.05) is 0 Å². The quantitative estimate of drug-likeness (QED) is 0.582. The van der Waals surface area contributed by atoms with E-state index < -0.39 is 22.7 Å². The van der Waals surface area contributed by atoms with Gasteiger partial charge in [0, 0.05) is 5.75 Å². The van der Waals surface area contributed by atoms with Crippen LogP contribution < -0.4 is 0 Å². The number of halogens is 1. The van der Waals surface area contributed by atoms with Gasteiger partial charge in [0.1, 0.15) is 11.6 Å². The second kappa shape index (κ2) is 6.51. The molecule has 0 bridgehead atoms. The molecule has 0 aliphatic heterocycles. The number of ketones is 1. The van der Waals surface area contributed by atoms with E-state index in [4.69, 9.17) is 0 Å². The zero-order chi connectivity index (χ0) is 17.3. The van der Waals surface area contributed by atoms with Crippen LogP contribution in [0.2, 0.25) is 0 Å². The second-order valence-electron chi connectivity index (χ2n) is 5.27. The maximum absolute atomic E-state index is 13.9. The molecule has 0 fully saturated rings. The van der Waals surface area contributed by atoms with Crippen LogP contribution in [0.25, 0.3) is 10.8 Å². The molecule has 122 valence electrons. The second-order valence-corrected chi connectivity index (χ2v) is 6.17. The van der Waals surface area contributed by atoms with Crippen LogP contribution in [-0.4, -0.2) is 19.7 Å². The molecule has 0 saturated carbocycles. The molecular weight excluding hydrogens is 331 g/mol. The Hall–Kier alpha value is -2.57. The minimum absolute atomic E-state index is 0.00704. The Morgan fingerprint density at radius 2 is 1.88 bits per heavy atom. The monoisotopic (exact) mass is 343 g/mol. The maximum atomic E-state index is 13.9. The fourth-order valence-corrected chi connectivity index (χ4v) is 3.06. The molecule has 4 nitrogen and oxygen atoms in total. The summed E-state index contributed by atoms with van der Waals surface area (Å²) in [6, 6.07) is 13.2. The van der Waals surface area contributed by atoms with Gasteiger partial charge in [-0.2, -0.15) is 0 Å². The Bertz CT molecular complexity index is 968. The van der Waals surface area contributed by atoms with Crippen molar-refractivity contribution in [2.75, 3.05) is 0 Å². The molecule has 3 rings (SSSR count). The first-order valence-corrected chi connectivity index (χ1v) is 8.31. The highest BCUT2D eigenvalue weighted by atomic mass is 32.2. The van der Waals surface area contributed by atoms with Crippen molar-refractivity contribution in [1.82, 2.24) is 0 Å². The molecule has 1 unspecified atom stereocenters. The molecule has 0 aliphatic rings. The van der Waals surface area contributed by atoms with E-state index in [-0.39, 0.29) is 22.6 Å². The Morgan fingerprint density at radius 3 is 2.58 bits per heavy atom. The van der Waals surface area contributed by atoms with Crippen LogP contribution in [0.4, 0.5) is 4.39 Å². The molecule has 0 aliphatic carbocycles. The van der Waals surface area contributed by atoms with Crippen LogP contribution in [0, 0.1) is 5.82 Å². The highest BCUT2D eigenvalue weighted by molar-refractivity contribution is 7.78. The van der Waals surface area contributed by atoms with Gasteiger partial charge in [-0.25, -0.2) is 4.39 Å².